The summed E-state index contributed by atoms with van der Waals surface area (Å²) in [6.07, 6.45) is -2.88. The molecule has 0 aliphatic carbocycles. The van der Waals surface area contributed by atoms with Crippen LogP contribution in [0.2, 0.25) is 0 Å². The molecule has 118 valence electrons. The summed E-state index contributed by atoms with van der Waals surface area (Å²) >= 11 is 0. The van der Waals surface area contributed by atoms with Gasteiger partial charge in [-0.1, -0.05) is 0 Å². The number of carbonyl (C=O) groups is 2. The van der Waals surface area contributed by atoms with Crippen LogP contribution in [0.25, 0.3) is 0 Å². The second-order valence-electron chi connectivity index (χ2n) is 3.71. The van der Waals surface area contributed by atoms with Crippen LogP contribution in [0.1, 0.15) is 12.8 Å². The Morgan fingerprint density at radius 2 is 1.45 bits per heavy atom. The zero-order valence-corrected chi connectivity index (χ0v) is 11.9. The molecule has 0 saturated carbocycles. The minimum atomic E-state index is -4.50. The van der Waals surface area contributed by atoms with Gasteiger partial charge in [0.15, 0.2) is 12.7 Å². The molecule has 0 spiro atoms. The molecule has 0 unspecified atom stereocenters. The fourth-order valence-electron chi connectivity index (χ4n) is 0.874. The zero-order chi connectivity index (χ0) is 16.0. The zero-order valence-electron chi connectivity index (χ0n) is 10.1. The molecule has 6 N–H and O–H groups in total. The minimum absolute atomic E-state index is 0.264. The van der Waals surface area contributed by atoms with Gasteiger partial charge in [-0.3, -0.25) is 18.7 Å². The SMILES string of the molecule is N[C@@H](CCC(=O)OCP(=O)(O)O)C(=O)OCP(=O)(O)O. The van der Waals surface area contributed by atoms with Gasteiger partial charge in [-0.25, -0.2) is 0 Å². The number of carbonyl (C=O) groups excluding carboxylic acids is 2. The third-order valence-corrected chi connectivity index (χ3v) is 2.66. The third kappa shape index (κ3) is 11.1. The van der Waals surface area contributed by atoms with E-state index in [1.54, 1.807) is 0 Å². The lowest BCUT2D eigenvalue weighted by Crippen LogP contribution is -2.33. The van der Waals surface area contributed by atoms with E-state index >= 15 is 0 Å². The Labute approximate surface area is 113 Å². The maximum absolute atomic E-state index is 11.2. The number of hydrogen-bond donors (Lipinski definition) is 5. The predicted molar refractivity (Wildman–Crippen MR) is 63.2 cm³/mol. The van der Waals surface area contributed by atoms with E-state index in [1.165, 1.54) is 0 Å². The quantitative estimate of drug-likeness (QED) is 0.254. The molecule has 0 fully saturated rings. The summed E-state index contributed by atoms with van der Waals surface area (Å²) in [5, 5.41) is 0. The Morgan fingerprint density at radius 1 is 1.00 bits per heavy atom. The van der Waals surface area contributed by atoms with Gasteiger partial charge in [0.1, 0.15) is 6.04 Å². The van der Waals surface area contributed by atoms with Crippen molar-refractivity contribution in [2.45, 2.75) is 18.9 Å². The fourth-order valence-corrected chi connectivity index (χ4v) is 1.48. The molecule has 0 aliphatic rings. The molecule has 1 atom stereocenters. The number of nitrogens with two attached hydrogens (primary N) is 1. The van der Waals surface area contributed by atoms with E-state index < -0.39 is 52.3 Å². The highest BCUT2D eigenvalue weighted by Gasteiger charge is 2.22. The number of rotatable bonds is 8. The van der Waals surface area contributed by atoms with Crippen molar-refractivity contribution in [1.29, 1.82) is 0 Å². The topological polar surface area (TPSA) is 194 Å². The summed E-state index contributed by atoms with van der Waals surface area (Å²) in [5.74, 6) is -2.09. The van der Waals surface area contributed by atoms with E-state index in [-0.39, 0.29) is 6.42 Å². The molecule has 0 aromatic heterocycles. The highest BCUT2D eigenvalue weighted by molar-refractivity contribution is 7.51. The molecule has 0 aromatic rings. The summed E-state index contributed by atoms with van der Waals surface area (Å²) < 4.78 is 29.3. The Balaban J connectivity index is 4.00. The lowest BCUT2D eigenvalue weighted by Gasteiger charge is -2.12. The second kappa shape index (κ2) is 7.84. The monoisotopic (exact) mass is 335 g/mol. The van der Waals surface area contributed by atoms with Crippen LogP contribution in [0.4, 0.5) is 0 Å². The molecule has 0 rings (SSSR count). The van der Waals surface area contributed by atoms with E-state index in [0.29, 0.717) is 0 Å². The van der Waals surface area contributed by atoms with E-state index in [0.717, 1.165) is 0 Å². The van der Waals surface area contributed by atoms with Gasteiger partial charge in [0, 0.05) is 6.42 Å². The van der Waals surface area contributed by atoms with Gasteiger partial charge in [0.05, 0.1) is 0 Å². The minimum Gasteiger partial charge on any atom is -0.453 e. The van der Waals surface area contributed by atoms with Crippen LogP contribution in [0.15, 0.2) is 0 Å². The molecule has 13 heteroatoms. The van der Waals surface area contributed by atoms with Crippen molar-refractivity contribution in [2.75, 3.05) is 12.7 Å². The van der Waals surface area contributed by atoms with Crippen LogP contribution in [0.5, 0.6) is 0 Å². The van der Waals surface area contributed by atoms with Crippen molar-refractivity contribution in [3.63, 3.8) is 0 Å². The summed E-state index contributed by atoms with van der Waals surface area (Å²) in [4.78, 5) is 56.0. The molecule has 11 nitrogen and oxygen atoms in total. The average Bonchev–Trinajstić information content (AvgIpc) is 2.28. The van der Waals surface area contributed by atoms with Crippen molar-refractivity contribution in [3.05, 3.63) is 0 Å². The van der Waals surface area contributed by atoms with Crippen LogP contribution in [0.3, 0.4) is 0 Å². The van der Waals surface area contributed by atoms with Crippen LogP contribution in [-0.4, -0.2) is 50.3 Å². The second-order valence-corrected chi connectivity index (χ2v) is 6.89. The van der Waals surface area contributed by atoms with Gasteiger partial charge in [-0.05, 0) is 6.42 Å². The van der Waals surface area contributed by atoms with E-state index in [4.69, 9.17) is 25.3 Å². The molecule has 0 radical (unpaired) electrons. The van der Waals surface area contributed by atoms with Crippen molar-refractivity contribution < 1.29 is 47.8 Å². The van der Waals surface area contributed by atoms with Gasteiger partial charge >= 0.3 is 27.1 Å². The smallest absolute Gasteiger partial charge is 0.362 e. The van der Waals surface area contributed by atoms with Crippen LogP contribution >= 0.6 is 15.2 Å². The van der Waals surface area contributed by atoms with Crippen LogP contribution in [0, 0.1) is 0 Å². The Morgan fingerprint density at radius 3 is 1.90 bits per heavy atom. The van der Waals surface area contributed by atoms with Gasteiger partial charge in [-0.15, -0.1) is 0 Å². The highest BCUT2D eigenvalue weighted by Crippen LogP contribution is 2.34. The molecule has 0 heterocycles. The molecule has 0 aromatic carbocycles. The molecule has 0 amide bonds. The first kappa shape index (κ1) is 19.2. The number of ether oxygens (including phenoxy) is 2. The summed E-state index contributed by atoms with van der Waals surface area (Å²) in [7, 11) is -8.97. The van der Waals surface area contributed by atoms with Crippen molar-refractivity contribution in [1.82, 2.24) is 0 Å². The first-order valence-corrected chi connectivity index (χ1v) is 8.67. The summed E-state index contributed by atoms with van der Waals surface area (Å²) in [6, 6.07) is -1.32. The van der Waals surface area contributed by atoms with Gasteiger partial charge in [0.25, 0.3) is 0 Å². The maximum atomic E-state index is 11.2. The highest BCUT2D eigenvalue weighted by atomic mass is 31.2. The fraction of sp³-hybridized carbons (Fsp3) is 0.714. The normalized spacial score (nSPS) is 13.7. The standard InChI is InChI=1S/C7H15NO10P2/c8-5(7(10)18-4-20(14,15)16)1-2-6(9)17-3-19(11,12)13/h5H,1-4,8H2,(H2,11,12,13)(H2,14,15,16)/t5-/m0/s1. The first-order valence-electron chi connectivity index (χ1n) is 5.08. The van der Waals surface area contributed by atoms with E-state index in [1.807, 2.05) is 0 Å². The average molecular weight is 335 g/mol. The maximum Gasteiger partial charge on any atom is 0.362 e. The first-order chi connectivity index (χ1) is 8.91. The predicted octanol–water partition coefficient (Wildman–Crippen LogP) is -1.55. The van der Waals surface area contributed by atoms with Gasteiger partial charge in [0.2, 0.25) is 0 Å². The molecule has 0 saturated heterocycles. The Hall–Kier alpha value is -0.800. The lowest BCUT2D eigenvalue weighted by atomic mass is 10.2. The Bertz CT molecular complexity index is 439. The summed E-state index contributed by atoms with van der Waals surface area (Å²) in [5.41, 5.74) is 5.29. The van der Waals surface area contributed by atoms with Crippen LogP contribution < -0.4 is 5.73 Å². The molecular weight excluding hydrogens is 320 g/mol. The Kier molecular flexibility index (Phi) is 7.53. The van der Waals surface area contributed by atoms with E-state index in [2.05, 4.69) is 9.47 Å². The van der Waals surface area contributed by atoms with E-state index in [9.17, 15) is 18.7 Å². The van der Waals surface area contributed by atoms with Crippen molar-refractivity contribution in [2.24, 2.45) is 5.73 Å². The van der Waals surface area contributed by atoms with Crippen molar-refractivity contribution >= 4 is 27.1 Å². The molecule has 20 heavy (non-hydrogen) atoms. The molecular formula is C7H15NO10P2. The molecule has 0 aliphatic heterocycles. The van der Waals surface area contributed by atoms with Crippen molar-refractivity contribution in [3.8, 4) is 0 Å². The number of hydrogen-bond acceptors (Lipinski definition) is 7. The number of esters is 2. The molecule has 0 bridgehead atoms. The third-order valence-electron chi connectivity index (χ3n) is 1.73. The summed E-state index contributed by atoms with van der Waals surface area (Å²) in [6.45, 7) is 0. The van der Waals surface area contributed by atoms with Gasteiger partial charge < -0.3 is 34.8 Å². The largest absolute Gasteiger partial charge is 0.453 e. The lowest BCUT2D eigenvalue weighted by molar-refractivity contribution is -0.145. The van der Waals surface area contributed by atoms with Gasteiger partial charge in [-0.2, -0.15) is 0 Å². The van der Waals surface area contributed by atoms with Crippen LogP contribution in [-0.2, 0) is 28.2 Å².